The molecule has 7 unspecified atom stereocenters. The van der Waals surface area contributed by atoms with Crippen LogP contribution < -0.4 is 0 Å². The van der Waals surface area contributed by atoms with Crippen LogP contribution in [0.1, 0.15) is 72.6 Å². The topological polar surface area (TPSA) is 74.6 Å². The highest BCUT2D eigenvalue weighted by atomic mass is 16.4. The minimum absolute atomic E-state index is 0.0919. The van der Waals surface area contributed by atoms with E-state index in [0.717, 1.165) is 38.5 Å². The van der Waals surface area contributed by atoms with E-state index in [1.807, 2.05) is 12.2 Å². The van der Waals surface area contributed by atoms with E-state index in [1.165, 1.54) is 5.57 Å². The molecular formula is C27H38O4. The lowest BCUT2D eigenvalue weighted by Crippen LogP contribution is -2.54. The largest absolute Gasteiger partial charge is 0.481 e. The summed E-state index contributed by atoms with van der Waals surface area (Å²) >= 11 is 0. The highest BCUT2D eigenvalue weighted by Gasteiger charge is 2.64. The monoisotopic (exact) mass is 426 g/mol. The Morgan fingerprint density at radius 1 is 1.26 bits per heavy atom. The molecule has 0 amide bonds. The molecule has 0 radical (unpaired) electrons. The number of aliphatic carboxylic acids is 1. The highest BCUT2D eigenvalue weighted by molar-refractivity contribution is 6.01. The first-order valence-corrected chi connectivity index (χ1v) is 12.1. The number of fused-ring (bicyclic) bond motifs is 5. The summed E-state index contributed by atoms with van der Waals surface area (Å²) in [6.45, 7) is 8.02. The molecule has 0 bridgehead atoms. The van der Waals surface area contributed by atoms with Gasteiger partial charge in [0, 0.05) is 5.41 Å². The smallest absolute Gasteiger partial charge is 0.310 e. The maximum Gasteiger partial charge on any atom is 0.310 e. The van der Waals surface area contributed by atoms with Gasteiger partial charge in [-0.2, -0.15) is 0 Å². The van der Waals surface area contributed by atoms with E-state index >= 15 is 0 Å². The standard InChI is InChI=1S/C27H38O4/c1-17(6-5-13-25(2,3)31)21-9-10-23-20-8-7-18-16-19(28)11-14-26(18,4)22(20)12-15-27(21,23)24(29)30/h5-6,11,14,16-17,20-23,31H,7-10,12-13,15H2,1-4H3,(H,29,30). The number of carbonyl (C=O) groups excluding carboxylic acids is 1. The average molecular weight is 427 g/mol. The lowest BCUT2D eigenvalue weighted by molar-refractivity contribution is -0.165. The molecule has 4 aliphatic rings. The molecule has 7 atom stereocenters. The Morgan fingerprint density at radius 3 is 2.68 bits per heavy atom. The molecule has 0 aromatic rings. The summed E-state index contributed by atoms with van der Waals surface area (Å²) < 4.78 is 0. The van der Waals surface area contributed by atoms with Crippen molar-refractivity contribution in [1.82, 2.24) is 0 Å². The number of carboxylic acids is 1. The van der Waals surface area contributed by atoms with Crippen molar-refractivity contribution in [3.8, 4) is 0 Å². The van der Waals surface area contributed by atoms with E-state index in [9.17, 15) is 19.8 Å². The third-order valence-electron chi connectivity index (χ3n) is 9.22. The van der Waals surface area contributed by atoms with Crippen molar-refractivity contribution in [2.75, 3.05) is 0 Å². The summed E-state index contributed by atoms with van der Waals surface area (Å²) in [5, 5.41) is 20.6. The first kappa shape index (κ1) is 22.5. The van der Waals surface area contributed by atoms with Crippen molar-refractivity contribution in [1.29, 1.82) is 0 Å². The molecule has 3 fully saturated rings. The van der Waals surface area contributed by atoms with Crippen molar-refractivity contribution in [3.05, 3.63) is 36.0 Å². The van der Waals surface area contributed by atoms with Gasteiger partial charge in [-0.15, -0.1) is 0 Å². The van der Waals surface area contributed by atoms with E-state index in [0.29, 0.717) is 18.3 Å². The summed E-state index contributed by atoms with van der Waals surface area (Å²) in [4.78, 5) is 24.8. The Hall–Kier alpha value is -1.68. The molecule has 4 rings (SSSR count). The number of hydrogen-bond acceptors (Lipinski definition) is 3. The number of carboxylic acid groups (broad SMARTS) is 1. The van der Waals surface area contributed by atoms with Crippen LogP contribution in [0.5, 0.6) is 0 Å². The molecule has 0 aromatic heterocycles. The van der Waals surface area contributed by atoms with Crippen LogP contribution in [0.2, 0.25) is 0 Å². The van der Waals surface area contributed by atoms with Crippen LogP contribution in [0.3, 0.4) is 0 Å². The Balaban J connectivity index is 1.61. The molecule has 4 nitrogen and oxygen atoms in total. The maximum atomic E-state index is 12.9. The molecule has 0 spiro atoms. The zero-order chi connectivity index (χ0) is 22.6. The summed E-state index contributed by atoms with van der Waals surface area (Å²) in [6.07, 6.45) is 15.9. The molecule has 3 saturated carbocycles. The van der Waals surface area contributed by atoms with Crippen molar-refractivity contribution >= 4 is 11.8 Å². The molecule has 0 saturated heterocycles. The second-order valence-electron chi connectivity index (χ2n) is 11.5. The van der Waals surface area contributed by atoms with Crippen LogP contribution >= 0.6 is 0 Å². The fourth-order valence-corrected chi connectivity index (χ4v) is 7.78. The zero-order valence-corrected chi connectivity index (χ0v) is 19.4. The molecule has 4 aliphatic carbocycles. The minimum Gasteiger partial charge on any atom is -0.481 e. The summed E-state index contributed by atoms with van der Waals surface area (Å²) in [6, 6.07) is 0. The predicted octanol–water partition coefficient (Wildman–Crippen LogP) is 5.33. The van der Waals surface area contributed by atoms with Crippen LogP contribution in [0.4, 0.5) is 0 Å². The van der Waals surface area contributed by atoms with Gasteiger partial charge in [-0.05, 0) is 101 Å². The van der Waals surface area contributed by atoms with Gasteiger partial charge in [0.25, 0.3) is 0 Å². The number of rotatable bonds is 5. The van der Waals surface area contributed by atoms with Crippen molar-refractivity contribution in [2.45, 2.75) is 78.2 Å². The summed E-state index contributed by atoms with van der Waals surface area (Å²) in [7, 11) is 0. The van der Waals surface area contributed by atoms with Gasteiger partial charge in [-0.25, -0.2) is 0 Å². The summed E-state index contributed by atoms with van der Waals surface area (Å²) in [5.41, 5.74) is -0.237. The molecule has 0 aliphatic heterocycles. The van der Waals surface area contributed by atoms with Crippen molar-refractivity contribution in [2.24, 2.45) is 40.4 Å². The number of hydrogen-bond donors (Lipinski definition) is 2. The van der Waals surface area contributed by atoms with Crippen LogP contribution in [-0.4, -0.2) is 27.6 Å². The third kappa shape index (κ3) is 3.65. The molecule has 0 aromatic carbocycles. The Labute approximate surface area is 186 Å². The number of ketones is 1. The molecule has 2 N–H and O–H groups in total. The quantitative estimate of drug-likeness (QED) is 0.583. The van der Waals surface area contributed by atoms with Crippen LogP contribution in [0, 0.1) is 40.4 Å². The first-order chi connectivity index (χ1) is 14.5. The maximum absolute atomic E-state index is 12.9. The summed E-state index contributed by atoms with van der Waals surface area (Å²) in [5.74, 6) is 0.847. The Morgan fingerprint density at radius 2 is 2.00 bits per heavy atom. The van der Waals surface area contributed by atoms with Gasteiger partial charge in [0.15, 0.2) is 5.78 Å². The predicted molar refractivity (Wildman–Crippen MR) is 121 cm³/mol. The SMILES string of the molecule is CC(C=CCC(C)(C)O)C1CCC2C3CCC4=CC(=O)C=CC4(C)C3CCC12C(=O)O. The molecule has 4 heteroatoms. The van der Waals surface area contributed by atoms with E-state index in [-0.39, 0.29) is 29.0 Å². The Bertz CT molecular complexity index is 844. The van der Waals surface area contributed by atoms with Gasteiger partial charge in [0.05, 0.1) is 11.0 Å². The fraction of sp³-hybridized carbons (Fsp3) is 0.704. The lowest BCUT2D eigenvalue weighted by Gasteiger charge is -2.56. The Kier molecular flexibility index (Phi) is 5.61. The highest BCUT2D eigenvalue weighted by Crippen LogP contribution is 2.67. The molecular weight excluding hydrogens is 388 g/mol. The molecule has 0 heterocycles. The van der Waals surface area contributed by atoms with E-state index in [4.69, 9.17) is 0 Å². The van der Waals surface area contributed by atoms with Crippen LogP contribution in [0.15, 0.2) is 36.0 Å². The number of aliphatic hydroxyl groups is 1. The third-order valence-corrected chi connectivity index (χ3v) is 9.22. The van der Waals surface area contributed by atoms with Crippen LogP contribution in [0.25, 0.3) is 0 Å². The second kappa shape index (κ2) is 7.72. The van der Waals surface area contributed by atoms with Gasteiger partial charge in [0.2, 0.25) is 0 Å². The van der Waals surface area contributed by atoms with Crippen LogP contribution in [-0.2, 0) is 9.59 Å². The minimum atomic E-state index is -0.741. The first-order valence-electron chi connectivity index (χ1n) is 12.1. The fourth-order valence-electron chi connectivity index (χ4n) is 7.78. The van der Waals surface area contributed by atoms with E-state index in [1.54, 1.807) is 19.9 Å². The van der Waals surface area contributed by atoms with Crippen molar-refractivity contribution in [3.63, 3.8) is 0 Å². The van der Waals surface area contributed by atoms with Gasteiger partial charge in [0.1, 0.15) is 0 Å². The zero-order valence-electron chi connectivity index (χ0n) is 19.4. The van der Waals surface area contributed by atoms with Gasteiger partial charge in [-0.1, -0.05) is 37.6 Å². The van der Waals surface area contributed by atoms with E-state index < -0.39 is 17.0 Å². The normalized spacial score (nSPS) is 40.8. The lowest BCUT2D eigenvalue weighted by atomic mass is 9.47. The second-order valence-corrected chi connectivity index (χ2v) is 11.5. The van der Waals surface area contributed by atoms with E-state index in [2.05, 4.69) is 26.0 Å². The van der Waals surface area contributed by atoms with Gasteiger partial charge in [-0.3, -0.25) is 9.59 Å². The molecule has 170 valence electrons. The van der Waals surface area contributed by atoms with Crippen molar-refractivity contribution < 1.29 is 19.8 Å². The van der Waals surface area contributed by atoms with Gasteiger partial charge < -0.3 is 10.2 Å². The number of allylic oxidation sites excluding steroid dienone is 5. The average Bonchev–Trinajstić information content (AvgIpc) is 3.08. The number of carbonyl (C=O) groups is 2. The molecule has 31 heavy (non-hydrogen) atoms. The van der Waals surface area contributed by atoms with Gasteiger partial charge >= 0.3 is 5.97 Å².